The normalized spacial score (nSPS) is 11.9. The molecule has 0 radical (unpaired) electrons. The predicted molar refractivity (Wildman–Crippen MR) is 157 cm³/mol. The van der Waals surface area contributed by atoms with Crippen molar-refractivity contribution >= 4 is 43.5 Å². The van der Waals surface area contributed by atoms with E-state index in [1.807, 2.05) is 56.3 Å². The lowest BCUT2D eigenvalue weighted by Gasteiger charge is -2.33. The molecule has 0 aliphatic carbocycles. The third-order valence-corrected chi connectivity index (χ3v) is 8.25. The molecule has 10 heteroatoms. The smallest absolute Gasteiger partial charge is 0.244 e. The number of aryl methyl sites for hydroxylation is 1. The standard InChI is InChI=1S/C29H34BrN3O5S/c1-5-31-29(35)27(18-22-10-7-6-8-11-22)32(19-23-12-9-13-25(17-23)38-3)28(34)20-33(39(4,36)37)24-14-15-26(30)21(2)16-24/h6-17,27H,5,18-20H2,1-4H3,(H,31,35). The average Bonchev–Trinajstić information content (AvgIpc) is 2.91. The molecule has 0 bridgehead atoms. The summed E-state index contributed by atoms with van der Waals surface area (Å²) in [4.78, 5) is 28.9. The molecule has 3 rings (SSSR count). The van der Waals surface area contributed by atoms with Crippen molar-refractivity contribution < 1.29 is 22.7 Å². The van der Waals surface area contributed by atoms with Gasteiger partial charge in [0, 0.05) is 24.0 Å². The second-order valence-electron chi connectivity index (χ2n) is 9.18. The van der Waals surface area contributed by atoms with Crippen molar-refractivity contribution in [3.8, 4) is 5.75 Å². The van der Waals surface area contributed by atoms with E-state index in [4.69, 9.17) is 4.74 Å². The lowest BCUT2D eigenvalue weighted by molar-refractivity contribution is -0.140. The fourth-order valence-electron chi connectivity index (χ4n) is 4.21. The molecule has 8 nitrogen and oxygen atoms in total. The lowest BCUT2D eigenvalue weighted by Crippen LogP contribution is -2.53. The summed E-state index contributed by atoms with van der Waals surface area (Å²) in [5.41, 5.74) is 2.81. The Morgan fingerprint density at radius 3 is 2.31 bits per heavy atom. The summed E-state index contributed by atoms with van der Waals surface area (Å²) in [5, 5.41) is 2.84. The Kier molecular flexibility index (Phi) is 10.5. The molecule has 3 aromatic carbocycles. The molecule has 1 N–H and O–H groups in total. The zero-order valence-electron chi connectivity index (χ0n) is 22.6. The molecule has 0 saturated carbocycles. The van der Waals surface area contributed by atoms with Gasteiger partial charge in [-0.15, -0.1) is 0 Å². The van der Waals surface area contributed by atoms with E-state index in [-0.39, 0.29) is 18.9 Å². The van der Waals surface area contributed by atoms with Crippen LogP contribution in [0.3, 0.4) is 0 Å². The fraction of sp³-hybridized carbons (Fsp3) is 0.310. The Labute approximate surface area is 239 Å². The summed E-state index contributed by atoms with van der Waals surface area (Å²) in [6, 6.07) is 20.9. The largest absolute Gasteiger partial charge is 0.497 e. The quantitative estimate of drug-likeness (QED) is 0.328. The monoisotopic (exact) mass is 615 g/mol. The van der Waals surface area contributed by atoms with Crippen LogP contribution in [-0.2, 0) is 32.6 Å². The van der Waals surface area contributed by atoms with Crippen LogP contribution in [0.1, 0.15) is 23.6 Å². The van der Waals surface area contributed by atoms with E-state index < -0.39 is 28.5 Å². The Bertz CT molecular complexity index is 1400. The molecule has 0 aliphatic heterocycles. The molecule has 0 heterocycles. The number of anilines is 1. The molecule has 0 aliphatic rings. The number of nitrogens with one attached hydrogen (secondary N) is 1. The number of amides is 2. The maximum atomic E-state index is 14.0. The summed E-state index contributed by atoms with van der Waals surface area (Å²) < 4.78 is 33.0. The van der Waals surface area contributed by atoms with Gasteiger partial charge in [-0.1, -0.05) is 58.4 Å². The molecule has 0 fully saturated rings. The molecule has 0 saturated heterocycles. The molecule has 1 unspecified atom stereocenters. The van der Waals surface area contributed by atoms with Crippen LogP contribution in [0.5, 0.6) is 5.75 Å². The Hall–Kier alpha value is -3.37. The van der Waals surface area contributed by atoms with E-state index in [0.717, 1.165) is 31.7 Å². The minimum Gasteiger partial charge on any atom is -0.497 e. The third kappa shape index (κ3) is 8.31. The molecule has 208 valence electrons. The van der Waals surface area contributed by atoms with E-state index in [1.165, 1.54) is 4.90 Å². The van der Waals surface area contributed by atoms with Gasteiger partial charge in [0.25, 0.3) is 0 Å². The van der Waals surface area contributed by atoms with Crippen molar-refractivity contribution in [1.29, 1.82) is 0 Å². The van der Waals surface area contributed by atoms with Gasteiger partial charge in [-0.25, -0.2) is 8.42 Å². The third-order valence-electron chi connectivity index (χ3n) is 6.22. The van der Waals surface area contributed by atoms with E-state index >= 15 is 0 Å². The van der Waals surface area contributed by atoms with Crippen LogP contribution < -0.4 is 14.4 Å². The number of benzene rings is 3. The number of nitrogens with zero attached hydrogens (tertiary/aromatic N) is 2. The van der Waals surface area contributed by atoms with Gasteiger partial charge < -0.3 is 15.0 Å². The van der Waals surface area contributed by atoms with Gasteiger partial charge in [-0.2, -0.15) is 0 Å². The minimum atomic E-state index is -3.82. The van der Waals surface area contributed by atoms with Crippen LogP contribution in [0.2, 0.25) is 0 Å². The number of hydrogen-bond donors (Lipinski definition) is 1. The van der Waals surface area contributed by atoms with Crippen LogP contribution >= 0.6 is 15.9 Å². The highest BCUT2D eigenvalue weighted by Crippen LogP contribution is 2.26. The lowest BCUT2D eigenvalue weighted by atomic mass is 10.0. The van der Waals surface area contributed by atoms with E-state index in [2.05, 4.69) is 21.2 Å². The van der Waals surface area contributed by atoms with Crippen molar-refractivity contribution in [1.82, 2.24) is 10.2 Å². The van der Waals surface area contributed by atoms with Crippen LogP contribution in [0.25, 0.3) is 0 Å². The van der Waals surface area contributed by atoms with Crippen LogP contribution in [0, 0.1) is 6.92 Å². The molecular weight excluding hydrogens is 582 g/mol. The van der Waals surface area contributed by atoms with Gasteiger partial charge in [-0.3, -0.25) is 13.9 Å². The van der Waals surface area contributed by atoms with Crippen LogP contribution in [0.15, 0.2) is 77.3 Å². The SMILES string of the molecule is CCNC(=O)C(Cc1ccccc1)N(Cc1cccc(OC)c1)C(=O)CN(c1ccc(Br)c(C)c1)S(C)(=O)=O. The number of rotatable bonds is 12. The highest BCUT2D eigenvalue weighted by Gasteiger charge is 2.33. The fourth-order valence-corrected chi connectivity index (χ4v) is 5.30. The molecule has 1 atom stereocenters. The van der Waals surface area contributed by atoms with Gasteiger partial charge >= 0.3 is 0 Å². The van der Waals surface area contributed by atoms with E-state index in [1.54, 1.807) is 37.4 Å². The molecule has 39 heavy (non-hydrogen) atoms. The number of halogens is 1. The number of sulfonamides is 1. The summed E-state index contributed by atoms with van der Waals surface area (Å²) in [6.45, 7) is 3.66. The van der Waals surface area contributed by atoms with Crippen molar-refractivity contribution in [3.05, 3.63) is 94.0 Å². The van der Waals surface area contributed by atoms with E-state index in [0.29, 0.717) is 18.0 Å². The second-order valence-corrected chi connectivity index (χ2v) is 11.9. The van der Waals surface area contributed by atoms with Crippen LogP contribution in [0.4, 0.5) is 5.69 Å². The van der Waals surface area contributed by atoms with Gasteiger partial charge in [0.05, 0.1) is 19.1 Å². The van der Waals surface area contributed by atoms with E-state index in [9.17, 15) is 18.0 Å². The molecule has 0 spiro atoms. The number of ether oxygens (including phenoxy) is 1. The summed E-state index contributed by atoms with van der Waals surface area (Å²) >= 11 is 3.44. The highest BCUT2D eigenvalue weighted by atomic mass is 79.9. The Morgan fingerprint density at radius 2 is 1.69 bits per heavy atom. The first-order valence-electron chi connectivity index (χ1n) is 12.5. The molecule has 0 aromatic heterocycles. The summed E-state index contributed by atoms with van der Waals surface area (Å²) in [5.74, 6) is -0.209. The maximum absolute atomic E-state index is 14.0. The first kappa shape index (κ1) is 30.2. The topological polar surface area (TPSA) is 96.0 Å². The zero-order chi connectivity index (χ0) is 28.6. The molecular formula is C29H34BrN3O5S. The number of hydrogen-bond acceptors (Lipinski definition) is 5. The average molecular weight is 617 g/mol. The van der Waals surface area contributed by atoms with Crippen molar-refractivity contribution in [3.63, 3.8) is 0 Å². The number of likely N-dealkylation sites (N-methyl/N-ethyl adjacent to an activating group) is 1. The molecule has 2 amide bonds. The van der Waals surface area contributed by atoms with Crippen LogP contribution in [-0.4, -0.2) is 57.6 Å². The number of methoxy groups -OCH3 is 1. The minimum absolute atomic E-state index is 0.0850. The second kappa shape index (κ2) is 13.6. The number of carbonyl (C=O) groups excluding carboxylic acids is 2. The first-order valence-corrected chi connectivity index (χ1v) is 15.2. The predicted octanol–water partition coefficient (Wildman–Crippen LogP) is 4.31. The van der Waals surface area contributed by atoms with Gasteiger partial charge in [0.1, 0.15) is 18.3 Å². The van der Waals surface area contributed by atoms with Crippen molar-refractivity contribution in [2.24, 2.45) is 0 Å². The zero-order valence-corrected chi connectivity index (χ0v) is 25.0. The maximum Gasteiger partial charge on any atom is 0.244 e. The first-order chi connectivity index (χ1) is 18.5. The van der Waals surface area contributed by atoms with Gasteiger partial charge in [0.15, 0.2) is 0 Å². The van der Waals surface area contributed by atoms with Crippen molar-refractivity contribution in [2.75, 3.05) is 30.8 Å². The summed E-state index contributed by atoms with van der Waals surface area (Å²) in [6.07, 6.45) is 1.33. The van der Waals surface area contributed by atoms with Crippen molar-refractivity contribution in [2.45, 2.75) is 32.9 Å². The summed E-state index contributed by atoms with van der Waals surface area (Å²) in [7, 11) is -2.27. The molecule has 3 aromatic rings. The van der Waals surface area contributed by atoms with Gasteiger partial charge in [0.2, 0.25) is 21.8 Å². The van der Waals surface area contributed by atoms with Gasteiger partial charge in [-0.05, 0) is 60.9 Å². The Morgan fingerprint density at radius 1 is 1.00 bits per heavy atom. The Balaban J connectivity index is 2.06. The highest BCUT2D eigenvalue weighted by molar-refractivity contribution is 9.10. The number of carbonyl (C=O) groups is 2.